The van der Waals surface area contributed by atoms with Crippen LogP contribution in [0.5, 0.6) is 0 Å². The number of nitrogens with one attached hydrogen (secondary N) is 1. The van der Waals surface area contributed by atoms with E-state index in [0.29, 0.717) is 24.7 Å². The van der Waals surface area contributed by atoms with Crippen LogP contribution in [0.15, 0.2) is 54.9 Å². The summed E-state index contributed by atoms with van der Waals surface area (Å²) in [5.41, 5.74) is 2.88. The number of anilines is 2. The number of carbonyl (C=O) groups is 1. The normalized spacial score (nSPS) is 17.4. The molecule has 1 unspecified atom stereocenters. The summed E-state index contributed by atoms with van der Waals surface area (Å²) in [7, 11) is -1.59. The molecule has 1 fully saturated rings. The van der Waals surface area contributed by atoms with Crippen LogP contribution in [0, 0.1) is 0 Å². The molecule has 1 atom stereocenters. The first kappa shape index (κ1) is 20.4. The Bertz CT molecular complexity index is 856. The predicted octanol–water partition coefficient (Wildman–Crippen LogP) is 4.12. The van der Waals surface area contributed by atoms with Gasteiger partial charge >= 0.3 is 6.03 Å². The third kappa shape index (κ3) is 4.39. The molecule has 2 heterocycles. The van der Waals surface area contributed by atoms with Crippen LogP contribution in [0.25, 0.3) is 0 Å². The van der Waals surface area contributed by atoms with Crippen molar-refractivity contribution in [1.29, 1.82) is 0 Å². The molecule has 1 saturated heterocycles. The van der Waals surface area contributed by atoms with Crippen molar-refractivity contribution in [2.24, 2.45) is 0 Å². The average Bonchev–Trinajstić information content (AvgIpc) is 2.68. The maximum Gasteiger partial charge on any atom is 0.322 e. The van der Waals surface area contributed by atoms with Gasteiger partial charge in [0.05, 0.1) is 5.02 Å². The van der Waals surface area contributed by atoms with Gasteiger partial charge in [-0.3, -0.25) is 0 Å². The van der Waals surface area contributed by atoms with Gasteiger partial charge in [0, 0.05) is 37.6 Å². The molecule has 5 nitrogen and oxygen atoms in total. The number of urea groups is 1. The Balaban J connectivity index is 1.63. The number of amides is 2. The fourth-order valence-electron chi connectivity index (χ4n) is 3.36. The second kappa shape index (κ2) is 8.37. The summed E-state index contributed by atoms with van der Waals surface area (Å²) in [5.74, 6) is 0.778. The van der Waals surface area contributed by atoms with Crippen molar-refractivity contribution in [2.75, 3.05) is 29.9 Å². The van der Waals surface area contributed by atoms with Crippen LogP contribution < -0.4 is 15.4 Å². The summed E-state index contributed by atoms with van der Waals surface area (Å²) in [6.45, 7) is 12.5. The number of hydrogen-bond donors (Lipinski definition) is 1. The van der Waals surface area contributed by atoms with E-state index in [1.807, 2.05) is 36.1 Å². The van der Waals surface area contributed by atoms with E-state index in [1.165, 1.54) is 5.19 Å². The van der Waals surface area contributed by atoms with Gasteiger partial charge in [0.1, 0.15) is 13.9 Å². The monoisotopic (exact) mass is 414 g/mol. The van der Waals surface area contributed by atoms with E-state index in [2.05, 4.69) is 52.7 Å². The quantitative estimate of drug-likeness (QED) is 0.765. The Morgan fingerprint density at radius 1 is 1.29 bits per heavy atom. The highest BCUT2D eigenvalue weighted by Gasteiger charge is 2.29. The van der Waals surface area contributed by atoms with Gasteiger partial charge in [-0.25, -0.2) is 9.78 Å². The summed E-state index contributed by atoms with van der Waals surface area (Å²) in [5, 5.41) is 4.96. The number of nitrogens with zero attached hydrogens (tertiary/aromatic N) is 3. The lowest BCUT2D eigenvalue weighted by atomic mass is 10.2. The predicted molar refractivity (Wildman–Crippen MR) is 120 cm³/mol. The Hall–Kier alpha value is -2.31. The third-order valence-corrected chi connectivity index (χ3v) is 8.45. The smallest absolute Gasteiger partial charge is 0.322 e. The van der Waals surface area contributed by atoms with E-state index >= 15 is 0 Å². The molecule has 7 heteroatoms. The molecule has 1 aliphatic heterocycles. The minimum Gasteiger partial charge on any atom is -0.352 e. The van der Waals surface area contributed by atoms with E-state index in [-0.39, 0.29) is 12.1 Å². The molecule has 0 bridgehead atoms. The standard InChI is InChI=1S/C21H27ClN4OSi/c1-5-28(3,4)18-10-8-17(9-11-18)24-21(27)26-14-13-25(15-16(26)2)20-19(22)7-6-12-23-20/h5-12,16H,1,13-15H2,2-4H3,(H,24,27). The van der Waals surface area contributed by atoms with Crippen LogP contribution in [0.2, 0.25) is 18.1 Å². The van der Waals surface area contributed by atoms with Crippen molar-refractivity contribution in [3.8, 4) is 0 Å². The molecule has 1 aliphatic rings. The van der Waals surface area contributed by atoms with Crippen molar-refractivity contribution in [2.45, 2.75) is 26.1 Å². The molecule has 1 N–H and O–H groups in total. The van der Waals surface area contributed by atoms with E-state index in [9.17, 15) is 4.79 Å². The number of rotatable bonds is 4. The van der Waals surface area contributed by atoms with E-state index in [4.69, 9.17) is 11.6 Å². The molecule has 0 radical (unpaired) electrons. The van der Waals surface area contributed by atoms with Crippen molar-refractivity contribution in [3.05, 3.63) is 59.9 Å². The zero-order valence-corrected chi connectivity index (χ0v) is 18.4. The van der Waals surface area contributed by atoms with Gasteiger partial charge in [0.2, 0.25) is 0 Å². The van der Waals surface area contributed by atoms with Gasteiger partial charge in [0.15, 0.2) is 0 Å². The maximum atomic E-state index is 12.8. The van der Waals surface area contributed by atoms with Crippen LogP contribution >= 0.6 is 11.6 Å². The summed E-state index contributed by atoms with van der Waals surface area (Å²) in [4.78, 5) is 21.2. The summed E-state index contributed by atoms with van der Waals surface area (Å²) >= 11 is 6.27. The minimum atomic E-state index is -1.59. The lowest BCUT2D eigenvalue weighted by molar-refractivity contribution is 0.184. The highest BCUT2D eigenvalue weighted by Crippen LogP contribution is 2.25. The first-order valence-electron chi connectivity index (χ1n) is 9.49. The second-order valence-corrected chi connectivity index (χ2v) is 12.6. The van der Waals surface area contributed by atoms with Crippen LogP contribution in [0.3, 0.4) is 0 Å². The van der Waals surface area contributed by atoms with Crippen LogP contribution in [-0.2, 0) is 0 Å². The highest BCUT2D eigenvalue weighted by molar-refractivity contribution is 6.93. The zero-order valence-electron chi connectivity index (χ0n) is 16.7. The van der Waals surface area contributed by atoms with Crippen LogP contribution in [0.1, 0.15) is 6.92 Å². The molecule has 28 heavy (non-hydrogen) atoms. The largest absolute Gasteiger partial charge is 0.352 e. The van der Waals surface area contributed by atoms with Gasteiger partial charge in [-0.1, -0.05) is 47.7 Å². The minimum absolute atomic E-state index is 0.0539. The van der Waals surface area contributed by atoms with Crippen molar-refractivity contribution < 1.29 is 4.79 Å². The van der Waals surface area contributed by atoms with E-state index in [1.54, 1.807) is 6.20 Å². The number of piperazine rings is 1. The molecule has 3 rings (SSSR count). The molecule has 2 amide bonds. The van der Waals surface area contributed by atoms with Crippen LogP contribution in [0.4, 0.5) is 16.3 Å². The SMILES string of the molecule is C=C[Si](C)(C)c1ccc(NC(=O)N2CCN(c3ncccc3Cl)CC2C)cc1. The number of halogens is 1. The number of aromatic nitrogens is 1. The summed E-state index contributed by atoms with van der Waals surface area (Å²) in [6.07, 6.45) is 1.74. The number of hydrogen-bond acceptors (Lipinski definition) is 3. The number of benzene rings is 1. The Morgan fingerprint density at radius 2 is 2.00 bits per heavy atom. The van der Waals surface area contributed by atoms with Gasteiger partial charge in [-0.15, -0.1) is 6.58 Å². The topological polar surface area (TPSA) is 48.5 Å². The summed E-state index contributed by atoms with van der Waals surface area (Å²) in [6, 6.07) is 11.8. The van der Waals surface area contributed by atoms with Gasteiger partial charge in [0.25, 0.3) is 0 Å². The van der Waals surface area contributed by atoms with Crippen molar-refractivity contribution in [1.82, 2.24) is 9.88 Å². The number of carbonyl (C=O) groups excluding carboxylic acids is 1. The van der Waals surface area contributed by atoms with E-state index in [0.717, 1.165) is 11.5 Å². The molecule has 0 aliphatic carbocycles. The van der Waals surface area contributed by atoms with Gasteiger partial charge in [-0.2, -0.15) is 0 Å². The molecule has 148 valence electrons. The van der Waals surface area contributed by atoms with Crippen molar-refractivity contribution in [3.63, 3.8) is 0 Å². The molecule has 1 aromatic heterocycles. The fourth-order valence-corrected chi connectivity index (χ4v) is 4.86. The maximum absolute atomic E-state index is 12.8. The third-order valence-electron chi connectivity index (χ3n) is 5.32. The van der Waals surface area contributed by atoms with E-state index < -0.39 is 8.07 Å². The molecule has 0 saturated carbocycles. The second-order valence-electron chi connectivity index (χ2n) is 7.73. The fraction of sp³-hybridized carbons (Fsp3) is 0.333. The molecular weight excluding hydrogens is 388 g/mol. The first-order valence-corrected chi connectivity index (χ1v) is 12.9. The Morgan fingerprint density at radius 3 is 2.61 bits per heavy atom. The van der Waals surface area contributed by atoms with Crippen LogP contribution in [-0.4, -0.2) is 49.7 Å². The van der Waals surface area contributed by atoms with Crippen molar-refractivity contribution >= 4 is 42.4 Å². The molecule has 2 aromatic rings. The average molecular weight is 415 g/mol. The van der Waals surface area contributed by atoms with Gasteiger partial charge in [-0.05, 0) is 31.2 Å². The Kier molecular flexibility index (Phi) is 6.10. The summed E-state index contributed by atoms with van der Waals surface area (Å²) < 4.78 is 0. The Labute approximate surface area is 173 Å². The number of pyridine rings is 1. The lowest BCUT2D eigenvalue weighted by Crippen LogP contribution is -2.55. The lowest BCUT2D eigenvalue weighted by Gasteiger charge is -2.40. The zero-order chi connectivity index (χ0) is 20.3. The molecule has 1 aromatic carbocycles. The first-order chi connectivity index (χ1) is 13.3. The van der Waals surface area contributed by atoms with Gasteiger partial charge < -0.3 is 15.1 Å². The highest BCUT2D eigenvalue weighted by atomic mass is 35.5. The molecule has 0 spiro atoms. The molecular formula is C21H27ClN4OSi.